The average molecular weight is 592 g/mol. The summed E-state index contributed by atoms with van der Waals surface area (Å²) in [6, 6.07) is 0. The fourth-order valence-corrected chi connectivity index (χ4v) is 2.21. The number of hydrogen-bond donors (Lipinski definition) is 3. The van der Waals surface area contributed by atoms with Gasteiger partial charge in [-0.05, 0) is 60.3 Å². The lowest BCUT2D eigenvalue weighted by atomic mass is 10.00. The number of carboxylic acid groups (broad SMARTS) is 2. The Bertz CT molecular complexity index is 605. The number of aliphatic hydroxyl groups excluding tert-OH is 1. The fraction of sp³-hybridized carbons (Fsp3) is 0.818. The van der Waals surface area contributed by atoms with Gasteiger partial charge in [-0.2, -0.15) is 0 Å². The second-order valence-corrected chi connectivity index (χ2v) is 9.15. The molecule has 4 atom stereocenters. The van der Waals surface area contributed by atoms with Crippen molar-refractivity contribution in [2.24, 2.45) is 11.8 Å². The molecule has 0 bridgehead atoms. The molecule has 33 heavy (non-hydrogen) atoms. The molecule has 0 aliphatic carbocycles. The third-order valence-corrected chi connectivity index (χ3v) is 3.77. The minimum atomic E-state index is -1.20. The smallest absolute Gasteiger partial charge is 0.309 e. The van der Waals surface area contributed by atoms with E-state index in [4.69, 9.17) is 29.5 Å². The number of carbonyl (C=O) groups excluding carboxylic acids is 2. The molecular weight excluding hydrogens is 551 g/mol. The van der Waals surface area contributed by atoms with Crippen molar-refractivity contribution in [1.29, 1.82) is 0 Å². The van der Waals surface area contributed by atoms with E-state index in [0.29, 0.717) is 0 Å². The van der Waals surface area contributed by atoms with Gasteiger partial charge in [-0.1, -0.05) is 22.6 Å². The Hall–Kier alpha value is -1.47. The molecule has 0 aromatic heterocycles. The Labute approximate surface area is 210 Å². The molecule has 0 spiro atoms. The van der Waals surface area contributed by atoms with Crippen molar-refractivity contribution in [3.8, 4) is 0 Å². The normalized spacial score (nSPS) is 14.7. The molecule has 0 aliphatic rings. The van der Waals surface area contributed by atoms with Crippen LogP contribution in [0.4, 0.5) is 0 Å². The molecule has 0 aromatic carbocycles. The quantitative estimate of drug-likeness (QED) is 0.206. The Morgan fingerprint density at radius 2 is 1.06 bits per heavy atom. The van der Waals surface area contributed by atoms with E-state index < -0.39 is 59.1 Å². The molecule has 0 saturated heterocycles. The van der Waals surface area contributed by atoms with Gasteiger partial charge in [0.05, 0.1) is 36.9 Å². The van der Waals surface area contributed by atoms with Gasteiger partial charge in [0, 0.05) is 7.11 Å². The highest BCUT2D eigenvalue weighted by molar-refractivity contribution is 14.1. The molecule has 11 heteroatoms. The van der Waals surface area contributed by atoms with E-state index >= 15 is 0 Å². The maximum atomic E-state index is 11.5. The largest absolute Gasteiger partial charge is 0.481 e. The number of aliphatic hydroxyl groups is 1. The number of alkyl halides is 1. The molecular formula is C22H41IO10. The Balaban J connectivity index is -0.000000508. The van der Waals surface area contributed by atoms with Crippen LogP contribution in [0.2, 0.25) is 0 Å². The second-order valence-electron chi connectivity index (χ2n) is 9.15. The zero-order valence-electron chi connectivity index (χ0n) is 21.3. The van der Waals surface area contributed by atoms with E-state index in [1.807, 2.05) is 4.93 Å². The van der Waals surface area contributed by atoms with Crippen LogP contribution in [0.25, 0.3) is 0 Å². The summed E-state index contributed by atoms with van der Waals surface area (Å²) in [4.78, 5) is 46.3. The van der Waals surface area contributed by atoms with Gasteiger partial charge in [0.1, 0.15) is 11.2 Å². The number of carboxylic acids is 2. The summed E-state index contributed by atoms with van der Waals surface area (Å²) in [6.07, 6.45) is -2.09. The summed E-state index contributed by atoms with van der Waals surface area (Å²) in [5, 5.41) is 26.8. The molecule has 0 amide bonds. The molecule has 0 aliphatic heterocycles. The van der Waals surface area contributed by atoms with Gasteiger partial charge in [-0.3, -0.25) is 19.2 Å². The van der Waals surface area contributed by atoms with Gasteiger partial charge in [0.2, 0.25) is 0 Å². The lowest BCUT2D eigenvalue weighted by molar-refractivity contribution is -0.162. The van der Waals surface area contributed by atoms with E-state index in [2.05, 4.69) is 22.6 Å². The van der Waals surface area contributed by atoms with Crippen LogP contribution in [0, 0.1) is 11.8 Å². The van der Waals surface area contributed by atoms with Crippen LogP contribution >= 0.6 is 22.6 Å². The van der Waals surface area contributed by atoms with Gasteiger partial charge >= 0.3 is 23.9 Å². The number of esters is 2. The molecule has 0 saturated carbocycles. The van der Waals surface area contributed by atoms with Crippen LogP contribution in [0.3, 0.4) is 0 Å². The van der Waals surface area contributed by atoms with Crippen molar-refractivity contribution in [2.75, 3.05) is 12.0 Å². The number of rotatable bonds is 9. The van der Waals surface area contributed by atoms with Gasteiger partial charge in [0.15, 0.2) is 0 Å². The number of methoxy groups -OCH3 is 1. The van der Waals surface area contributed by atoms with Crippen LogP contribution in [0.5, 0.6) is 0 Å². The van der Waals surface area contributed by atoms with Crippen LogP contribution < -0.4 is 0 Å². The third kappa shape index (κ3) is 20.8. The molecule has 10 nitrogen and oxygen atoms in total. The first-order valence-corrected chi connectivity index (χ1v) is 12.4. The van der Waals surface area contributed by atoms with Gasteiger partial charge in [0.25, 0.3) is 0 Å². The van der Waals surface area contributed by atoms with Gasteiger partial charge in [-0.25, -0.2) is 0 Å². The summed E-state index contributed by atoms with van der Waals surface area (Å²) in [5.41, 5.74) is -1.24. The monoisotopic (exact) mass is 592 g/mol. The van der Waals surface area contributed by atoms with Crippen molar-refractivity contribution in [2.45, 2.75) is 91.6 Å². The molecule has 0 fully saturated rings. The summed E-state index contributed by atoms with van der Waals surface area (Å²) in [6.45, 7) is 13.3. The van der Waals surface area contributed by atoms with Crippen LogP contribution in [-0.2, 0) is 33.4 Å². The number of ether oxygens (including phenoxy) is 3. The molecule has 0 unspecified atom stereocenters. The van der Waals surface area contributed by atoms with Crippen LogP contribution in [0.1, 0.15) is 68.2 Å². The fourth-order valence-electron chi connectivity index (χ4n) is 2.21. The molecule has 0 heterocycles. The zero-order valence-corrected chi connectivity index (χ0v) is 23.5. The molecule has 0 rings (SSSR count). The Morgan fingerprint density at radius 3 is 1.27 bits per heavy atom. The average Bonchev–Trinajstić information content (AvgIpc) is 2.62. The first-order chi connectivity index (χ1) is 14.8. The maximum absolute atomic E-state index is 11.5. The highest BCUT2D eigenvalue weighted by atomic mass is 127. The van der Waals surface area contributed by atoms with E-state index in [0.717, 1.165) is 0 Å². The first kappa shape index (κ1) is 36.1. The predicted molar refractivity (Wildman–Crippen MR) is 131 cm³/mol. The molecule has 196 valence electrons. The van der Waals surface area contributed by atoms with Crippen molar-refractivity contribution in [3.05, 3.63) is 0 Å². The van der Waals surface area contributed by atoms with Gasteiger partial charge < -0.3 is 29.5 Å². The van der Waals surface area contributed by atoms with Crippen molar-refractivity contribution < 1.29 is 48.7 Å². The summed E-state index contributed by atoms with van der Waals surface area (Å²) in [7, 11) is 1.41. The zero-order chi connectivity index (χ0) is 27.2. The minimum absolute atomic E-state index is 0.179. The Morgan fingerprint density at radius 1 is 0.758 bits per heavy atom. The highest BCUT2D eigenvalue weighted by Crippen LogP contribution is 2.17. The number of carbonyl (C=O) groups is 4. The summed E-state index contributed by atoms with van der Waals surface area (Å²) < 4.78 is 14.9. The van der Waals surface area contributed by atoms with E-state index in [-0.39, 0.29) is 12.8 Å². The topological polar surface area (TPSA) is 157 Å². The Kier molecular flexibility index (Phi) is 18.6. The number of hydrogen-bond acceptors (Lipinski definition) is 8. The third-order valence-electron chi connectivity index (χ3n) is 3.77. The van der Waals surface area contributed by atoms with E-state index in [9.17, 15) is 19.2 Å². The standard InChI is InChI=1S/C11H20O5.C10H18O5.CH3I/c1-7(15-5)8(10(13)14)6-9(12)16-11(2,3)4;1-6(11)7(9(13)14)5-8(12)15-10(2,3)4;1-2/h7-8H,6H2,1-5H3,(H,13,14);6-7,11H,5H2,1-4H3,(H,13,14);1H3/t7-,8-;6-,7-;/m11./s1. The summed E-state index contributed by atoms with van der Waals surface area (Å²) in [5.74, 6) is -5.38. The van der Waals surface area contributed by atoms with E-state index in [1.165, 1.54) is 14.0 Å². The number of aliphatic carboxylic acids is 2. The highest BCUT2D eigenvalue weighted by Gasteiger charge is 2.30. The van der Waals surface area contributed by atoms with Gasteiger partial charge in [-0.15, -0.1) is 0 Å². The molecule has 3 N–H and O–H groups in total. The second kappa shape index (κ2) is 17.0. The SMILES string of the molecule is CI.CO[C@H](C)[C@@H](CC(=O)OC(C)(C)C)C(=O)O.C[C@@H](O)[C@@H](CC(=O)OC(C)(C)C)C(=O)O. The van der Waals surface area contributed by atoms with Crippen LogP contribution in [-0.4, -0.2) is 74.6 Å². The molecule has 0 aromatic rings. The van der Waals surface area contributed by atoms with Crippen molar-refractivity contribution in [3.63, 3.8) is 0 Å². The lowest BCUT2D eigenvalue weighted by Gasteiger charge is -2.22. The van der Waals surface area contributed by atoms with Crippen molar-refractivity contribution in [1.82, 2.24) is 0 Å². The van der Waals surface area contributed by atoms with E-state index in [1.54, 1.807) is 48.5 Å². The lowest BCUT2D eigenvalue weighted by Crippen LogP contribution is -2.32. The predicted octanol–water partition coefficient (Wildman–Crippen LogP) is 3.30. The first-order valence-electron chi connectivity index (χ1n) is 10.3. The molecule has 0 radical (unpaired) electrons. The maximum Gasteiger partial charge on any atom is 0.309 e. The summed E-state index contributed by atoms with van der Waals surface area (Å²) >= 11 is 2.15. The minimum Gasteiger partial charge on any atom is -0.481 e. The number of halogens is 1. The van der Waals surface area contributed by atoms with Crippen molar-refractivity contribution >= 4 is 46.5 Å². The van der Waals surface area contributed by atoms with Crippen LogP contribution in [0.15, 0.2) is 0 Å².